The minimum absolute atomic E-state index is 0.194. The van der Waals surface area contributed by atoms with Crippen LogP contribution in [0.25, 0.3) is 9.88 Å². The number of hydrogen-bond donors (Lipinski definition) is 2. The maximum absolute atomic E-state index is 12.3. The molecule has 1 aromatic carbocycles. The highest BCUT2D eigenvalue weighted by molar-refractivity contribution is 7.23. The van der Waals surface area contributed by atoms with Crippen LogP contribution in [0.4, 0.5) is 5.69 Å². The molecule has 0 fully saturated rings. The fourth-order valence-corrected chi connectivity index (χ4v) is 3.82. The molecular weight excluding hydrogens is 382 g/mol. The molecule has 3 rings (SSSR count). The summed E-state index contributed by atoms with van der Waals surface area (Å²) >= 11 is 8.72. The number of ether oxygens (including phenoxy) is 1. The molecular formula is C16H12ClN3O3S2. The number of primary amides is 1. The molecule has 2 amide bonds. The average molecular weight is 394 g/mol. The van der Waals surface area contributed by atoms with Crippen molar-refractivity contribution in [3.8, 4) is 15.6 Å². The molecule has 0 saturated heterocycles. The van der Waals surface area contributed by atoms with Gasteiger partial charge in [0.15, 0.2) is 6.61 Å². The Kier molecular flexibility index (Phi) is 5.32. The molecule has 0 bridgehead atoms. The van der Waals surface area contributed by atoms with Crippen LogP contribution >= 0.6 is 34.3 Å². The van der Waals surface area contributed by atoms with E-state index in [4.69, 9.17) is 22.1 Å². The highest BCUT2D eigenvalue weighted by Crippen LogP contribution is 2.33. The van der Waals surface area contributed by atoms with Crippen LogP contribution in [0, 0.1) is 0 Å². The molecule has 0 saturated carbocycles. The number of thiophene rings is 1. The van der Waals surface area contributed by atoms with Gasteiger partial charge in [0.25, 0.3) is 11.8 Å². The zero-order valence-electron chi connectivity index (χ0n) is 12.7. The number of anilines is 1. The third-order valence-corrected chi connectivity index (χ3v) is 5.26. The summed E-state index contributed by atoms with van der Waals surface area (Å²) in [6, 6.07) is 10.3. The molecule has 128 valence electrons. The van der Waals surface area contributed by atoms with Gasteiger partial charge in [-0.1, -0.05) is 11.6 Å². The summed E-state index contributed by atoms with van der Waals surface area (Å²) in [6.45, 7) is -0.194. The summed E-state index contributed by atoms with van der Waals surface area (Å²) in [5, 5.41) is 5.20. The second kappa shape index (κ2) is 7.64. The number of halogens is 1. The second-order valence-corrected chi connectivity index (χ2v) is 7.45. The summed E-state index contributed by atoms with van der Waals surface area (Å²) in [7, 11) is 0. The number of hydrogen-bond acceptors (Lipinski definition) is 6. The van der Waals surface area contributed by atoms with Gasteiger partial charge in [0, 0.05) is 11.1 Å². The predicted octanol–water partition coefficient (Wildman–Crippen LogP) is 3.64. The number of nitrogens with one attached hydrogen (secondary N) is 1. The van der Waals surface area contributed by atoms with Gasteiger partial charge in [-0.15, -0.1) is 22.7 Å². The van der Waals surface area contributed by atoms with E-state index < -0.39 is 5.91 Å². The van der Waals surface area contributed by atoms with Crippen LogP contribution in [0.1, 0.15) is 10.5 Å². The lowest BCUT2D eigenvalue weighted by Crippen LogP contribution is -2.20. The van der Waals surface area contributed by atoms with Crippen molar-refractivity contribution in [1.29, 1.82) is 0 Å². The van der Waals surface area contributed by atoms with Gasteiger partial charge in [0.1, 0.15) is 16.5 Å². The number of thiazole rings is 1. The molecule has 9 heteroatoms. The molecule has 0 unspecified atom stereocenters. The minimum atomic E-state index is -0.552. The van der Waals surface area contributed by atoms with Crippen molar-refractivity contribution in [2.24, 2.45) is 5.73 Å². The van der Waals surface area contributed by atoms with Crippen LogP contribution in [-0.2, 0) is 4.79 Å². The van der Waals surface area contributed by atoms with E-state index in [9.17, 15) is 9.59 Å². The van der Waals surface area contributed by atoms with E-state index in [0.29, 0.717) is 21.5 Å². The summed E-state index contributed by atoms with van der Waals surface area (Å²) in [5.74, 6) is -0.373. The maximum atomic E-state index is 12.3. The number of aromatic nitrogens is 1. The van der Waals surface area contributed by atoms with Crippen molar-refractivity contribution in [3.05, 3.63) is 51.8 Å². The lowest BCUT2D eigenvalue weighted by atomic mass is 10.3. The van der Waals surface area contributed by atoms with Crippen LogP contribution in [0.15, 0.2) is 41.8 Å². The Morgan fingerprint density at radius 1 is 1.20 bits per heavy atom. The molecule has 2 heterocycles. The molecule has 6 nitrogen and oxygen atoms in total. The Morgan fingerprint density at radius 2 is 1.96 bits per heavy atom. The summed E-state index contributed by atoms with van der Waals surface area (Å²) in [5.41, 5.74) is 5.93. The Morgan fingerprint density at radius 3 is 2.60 bits per heavy atom. The fraction of sp³-hybridized carbons (Fsp3) is 0.0625. The Balaban J connectivity index is 1.64. The average Bonchev–Trinajstić information content (AvgIpc) is 3.23. The van der Waals surface area contributed by atoms with E-state index >= 15 is 0 Å². The first kappa shape index (κ1) is 17.4. The molecule has 0 atom stereocenters. The van der Waals surface area contributed by atoms with Gasteiger partial charge in [0.2, 0.25) is 0 Å². The van der Waals surface area contributed by atoms with Gasteiger partial charge >= 0.3 is 0 Å². The van der Waals surface area contributed by atoms with Crippen molar-refractivity contribution in [3.63, 3.8) is 0 Å². The largest absolute Gasteiger partial charge is 0.484 e. The number of carbonyl (C=O) groups excluding carboxylic acids is 2. The molecule has 3 aromatic rings. The number of nitrogens with two attached hydrogens (primary N) is 1. The zero-order chi connectivity index (χ0) is 17.8. The second-order valence-electron chi connectivity index (χ2n) is 4.88. The topological polar surface area (TPSA) is 94.3 Å². The molecule has 25 heavy (non-hydrogen) atoms. The fourth-order valence-electron chi connectivity index (χ4n) is 1.90. The quantitative estimate of drug-likeness (QED) is 0.668. The highest BCUT2D eigenvalue weighted by Gasteiger charge is 2.13. The Hall–Kier alpha value is -2.42. The maximum Gasteiger partial charge on any atom is 0.275 e. The Bertz CT molecular complexity index is 906. The van der Waals surface area contributed by atoms with Gasteiger partial charge in [-0.2, -0.15) is 0 Å². The molecule has 0 aliphatic heterocycles. The monoisotopic (exact) mass is 393 g/mol. The van der Waals surface area contributed by atoms with Crippen molar-refractivity contribution >= 4 is 51.8 Å². The van der Waals surface area contributed by atoms with Crippen molar-refractivity contribution in [2.75, 3.05) is 11.9 Å². The molecule has 0 radical (unpaired) electrons. The van der Waals surface area contributed by atoms with Gasteiger partial charge in [-0.3, -0.25) is 9.59 Å². The van der Waals surface area contributed by atoms with Gasteiger partial charge in [0.05, 0.1) is 9.21 Å². The van der Waals surface area contributed by atoms with E-state index in [1.165, 1.54) is 22.7 Å². The molecule has 3 N–H and O–H groups in total. The number of carbonyl (C=O) groups is 2. The van der Waals surface area contributed by atoms with E-state index in [1.54, 1.807) is 35.7 Å². The highest BCUT2D eigenvalue weighted by atomic mass is 35.5. The third kappa shape index (κ3) is 4.56. The minimum Gasteiger partial charge on any atom is -0.484 e. The van der Waals surface area contributed by atoms with Crippen LogP contribution in [0.2, 0.25) is 4.34 Å². The first-order chi connectivity index (χ1) is 12.0. The lowest BCUT2D eigenvalue weighted by Gasteiger charge is -2.06. The van der Waals surface area contributed by atoms with Crippen LogP contribution < -0.4 is 15.8 Å². The number of rotatable bonds is 6. The summed E-state index contributed by atoms with van der Waals surface area (Å²) in [6.07, 6.45) is 0. The molecule has 0 spiro atoms. The summed E-state index contributed by atoms with van der Waals surface area (Å²) in [4.78, 5) is 28.2. The Labute approximate surface area is 156 Å². The van der Waals surface area contributed by atoms with Crippen molar-refractivity contribution < 1.29 is 14.3 Å². The predicted molar refractivity (Wildman–Crippen MR) is 99.5 cm³/mol. The molecule has 2 aromatic heterocycles. The SMILES string of the molecule is NC(=O)COc1ccc(NC(=O)c2csc(-c3ccc(Cl)s3)n2)cc1. The normalized spacial score (nSPS) is 10.4. The summed E-state index contributed by atoms with van der Waals surface area (Å²) < 4.78 is 5.83. The smallest absolute Gasteiger partial charge is 0.275 e. The lowest BCUT2D eigenvalue weighted by molar-refractivity contribution is -0.119. The van der Waals surface area contributed by atoms with Gasteiger partial charge in [-0.05, 0) is 36.4 Å². The van der Waals surface area contributed by atoms with Crippen molar-refractivity contribution in [2.45, 2.75) is 0 Å². The number of amides is 2. The molecule has 0 aliphatic carbocycles. The first-order valence-corrected chi connectivity index (χ1v) is 9.12. The number of benzene rings is 1. The van der Waals surface area contributed by atoms with Gasteiger partial charge in [-0.25, -0.2) is 4.98 Å². The van der Waals surface area contributed by atoms with Gasteiger partial charge < -0.3 is 15.8 Å². The number of nitrogens with zero attached hydrogens (tertiary/aromatic N) is 1. The van der Waals surface area contributed by atoms with Crippen LogP contribution in [-0.4, -0.2) is 23.4 Å². The first-order valence-electron chi connectivity index (χ1n) is 7.05. The van der Waals surface area contributed by atoms with E-state index in [2.05, 4.69) is 10.3 Å². The van der Waals surface area contributed by atoms with E-state index in [-0.39, 0.29) is 12.5 Å². The van der Waals surface area contributed by atoms with Crippen LogP contribution in [0.5, 0.6) is 5.75 Å². The zero-order valence-corrected chi connectivity index (χ0v) is 15.1. The molecule has 0 aliphatic rings. The van der Waals surface area contributed by atoms with Crippen molar-refractivity contribution in [1.82, 2.24) is 4.98 Å². The third-order valence-electron chi connectivity index (χ3n) is 3.01. The van der Waals surface area contributed by atoms with E-state index in [1.807, 2.05) is 6.07 Å². The van der Waals surface area contributed by atoms with Crippen LogP contribution in [0.3, 0.4) is 0 Å². The van der Waals surface area contributed by atoms with E-state index in [0.717, 1.165) is 9.88 Å². The standard InChI is InChI=1S/C16H12ClN3O3S2/c17-13-6-5-12(25-13)16-20-11(8-24-16)15(22)19-9-1-3-10(4-2-9)23-7-14(18)21/h1-6,8H,7H2,(H2,18,21)(H,19,22).